The van der Waals surface area contributed by atoms with Gasteiger partial charge in [0.2, 0.25) is 16.9 Å². The number of amides is 2. The maximum absolute atomic E-state index is 14.5. The molecule has 5 aromatic rings. The number of imide groups is 1. The lowest BCUT2D eigenvalue weighted by Gasteiger charge is -2.52. The van der Waals surface area contributed by atoms with E-state index < -0.39 is 17.3 Å². The van der Waals surface area contributed by atoms with Gasteiger partial charge in [-0.1, -0.05) is 89.7 Å². The molecule has 6 nitrogen and oxygen atoms in total. The van der Waals surface area contributed by atoms with Crippen LogP contribution in [0, 0.1) is 18.8 Å². The number of para-hydroxylation sites is 1. The standard InChI is InChI=1S/C33H23ClN4O2S/c1-18-14-15-19(34)16-25(18)38-30(39)28-27-20-8-2-4-10-22(20)33(29(28)31(38)40,23-11-5-3-9-21(23)27)17-35-37-32-36-24-12-6-7-13-26(24)41-32/h2-17,27-29H,1H3,(H,36,37)/b35-17-/t27?,28-,29-,33?/m1/s1. The minimum Gasteiger partial charge on any atom is -0.274 e. The molecule has 1 saturated heterocycles. The highest BCUT2D eigenvalue weighted by Gasteiger charge is 2.68. The first-order valence-electron chi connectivity index (χ1n) is 13.5. The van der Waals surface area contributed by atoms with Gasteiger partial charge in [0.25, 0.3) is 0 Å². The molecule has 1 fully saturated rings. The lowest BCUT2D eigenvalue weighted by molar-refractivity contribution is -0.122. The molecule has 9 rings (SSSR count). The van der Waals surface area contributed by atoms with Crippen LogP contribution >= 0.6 is 22.9 Å². The molecule has 2 heterocycles. The average Bonchev–Trinajstić information content (AvgIpc) is 3.53. The first-order valence-corrected chi connectivity index (χ1v) is 14.7. The Hall–Kier alpha value is -4.33. The highest BCUT2D eigenvalue weighted by molar-refractivity contribution is 7.22. The zero-order valence-electron chi connectivity index (χ0n) is 21.9. The molecule has 3 aliphatic carbocycles. The molecule has 1 aromatic heterocycles. The summed E-state index contributed by atoms with van der Waals surface area (Å²) >= 11 is 7.87. The van der Waals surface area contributed by atoms with E-state index in [1.165, 1.54) is 16.2 Å². The number of nitrogens with zero attached hydrogens (tertiary/aromatic N) is 3. The first kappa shape index (κ1) is 24.5. The van der Waals surface area contributed by atoms with Gasteiger partial charge in [-0.3, -0.25) is 15.0 Å². The Kier molecular flexibility index (Phi) is 5.27. The van der Waals surface area contributed by atoms with Gasteiger partial charge in [0.1, 0.15) is 0 Å². The summed E-state index contributed by atoms with van der Waals surface area (Å²) in [6, 6.07) is 29.6. The Morgan fingerprint density at radius 2 is 1.61 bits per heavy atom. The number of rotatable bonds is 4. The van der Waals surface area contributed by atoms with Crippen LogP contribution in [-0.2, 0) is 15.0 Å². The van der Waals surface area contributed by atoms with Gasteiger partial charge in [0.15, 0.2) is 0 Å². The molecular weight excluding hydrogens is 552 g/mol. The van der Waals surface area contributed by atoms with Crippen LogP contribution in [0.15, 0.2) is 96.1 Å². The average molecular weight is 575 g/mol. The molecule has 0 radical (unpaired) electrons. The van der Waals surface area contributed by atoms with E-state index in [-0.39, 0.29) is 17.7 Å². The SMILES string of the molecule is Cc1ccc(Cl)cc1N1C(=O)[C@@H]2C3c4ccccc4C(/C=N\Nc4nc5ccccc5s4)(c4ccccc43)[C@H]2C1=O. The fourth-order valence-electron chi connectivity index (χ4n) is 7.22. The third-order valence-electron chi connectivity index (χ3n) is 8.82. The summed E-state index contributed by atoms with van der Waals surface area (Å²) in [6.45, 7) is 1.89. The van der Waals surface area contributed by atoms with E-state index in [0.29, 0.717) is 15.8 Å². The monoisotopic (exact) mass is 574 g/mol. The minimum absolute atomic E-state index is 0.198. The van der Waals surface area contributed by atoms with E-state index >= 15 is 0 Å². The Balaban J connectivity index is 1.33. The smallest absolute Gasteiger partial charge is 0.239 e. The maximum Gasteiger partial charge on any atom is 0.239 e. The molecule has 8 heteroatoms. The lowest BCUT2D eigenvalue weighted by atomic mass is 9.47. The number of anilines is 2. The molecule has 2 amide bonds. The van der Waals surface area contributed by atoms with Crippen LogP contribution in [-0.4, -0.2) is 23.0 Å². The number of carbonyl (C=O) groups excluding carboxylic acids is 2. The third-order valence-corrected chi connectivity index (χ3v) is 9.99. The molecule has 200 valence electrons. The van der Waals surface area contributed by atoms with Crippen molar-refractivity contribution in [3.63, 3.8) is 0 Å². The lowest BCUT2D eigenvalue weighted by Crippen LogP contribution is -2.54. The van der Waals surface area contributed by atoms with Gasteiger partial charge in [-0.05, 0) is 59.0 Å². The summed E-state index contributed by atoms with van der Waals surface area (Å²) < 4.78 is 1.06. The van der Waals surface area contributed by atoms with E-state index in [9.17, 15) is 9.59 Å². The van der Waals surface area contributed by atoms with Crippen LogP contribution in [0.4, 0.5) is 10.8 Å². The van der Waals surface area contributed by atoms with E-state index in [4.69, 9.17) is 16.7 Å². The largest absolute Gasteiger partial charge is 0.274 e. The van der Waals surface area contributed by atoms with Gasteiger partial charge in [0.05, 0.1) is 33.2 Å². The molecule has 0 unspecified atom stereocenters. The van der Waals surface area contributed by atoms with Crippen molar-refractivity contribution in [1.82, 2.24) is 4.98 Å². The second-order valence-corrected chi connectivity index (χ2v) is 12.3. The highest BCUT2D eigenvalue weighted by Crippen LogP contribution is 2.63. The first-order chi connectivity index (χ1) is 20.0. The Labute approximate surface area is 245 Å². The molecule has 0 spiro atoms. The normalized spacial score (nSPS) is 24.1. The van der Waals surface area contributed by atoms with Crippen molar-refractivity contribution in [3.05, 3.63) is 124 Å². The molecule has 2 atom stereocenters. The van der Waals surface area contributed by atoms with Gasteiger partial charge in [0, 0.05) is 17.2 Å². The number of benzene rings is 4. The number of aromatic nitrogens is 1. The van der Waals surface area contributed by atoms with Gasteiger partial charge in [-0.15, -0.1) is 0 Å². The summed E-state index contributed by atoms with van der Waals surface area (Å²) in [5.41, 5.74) is 8.56. The van der Waals surface area contributed by atoms with E-state index in [0.717, 1.165) is 38.0 Å². The highest BCUT2D eigenvalue weighted by atomic mass is 35.5. The van der Waals surface area contributed by atoms with Crippen molar-refractivity contribution >= 4 is 62.0 Å². The molecule has 41 heavy (non-hydrogen) atoms. The zero-order valence-corrected chi connectivity index (χ0v) is 23.5. The number of carbonyl (C=O) groups is 2. The van der Waals surface area contributed by atoms with Crippen LogP contribution in [0.5, 0.6) is 0 Å². The molecule has 1 aliphatic heterocycles. The number of nitrogens with one attached hydrogen (secondary N) is 1. The molecule has 4 aliphatic rings. The number of hydrogen-bond donors (Lipinski definition) is 1. The zero-order chi connectivity index (χ0) is 27.9. The molecule has 2 bridgehead atoms. The van der Waals surface area contributed by atoms with Crippen molar-refractivity contribution in [2.75, 3.05) is 10.3 Å². The quantitative estimate of drug-likeness (QED) is 0.144. The molecule has 1 N–H and O–H groups in total. The summed E-state index contributed by atoms with van der Waals surface area (Å²) in [7, 11) is 0. The number of hydrogen-bond acceptors (Lipinski definition) is 6. The maximum atomic E-state index is 14.5. The summed E-state index contributed by atoms with van der Waals surface area (Å²) in [4.78, 5) is 34.9. The summed E-state index contributed by atoms with van der Waals surface area (Å²) in [6.07, 6.45) is 1.84. The number of thiazole rings is 1. The van der Waals surface area contributed by atoms with Crippen LogP contribution in [0.3, 0.4) is 0 Å². The minimum atomic E-state index is -0.954. The predicted molar refractivity (Wildman–Crippen MR) is 163 cm³/mol. The molecular formula is C33H23ClN4O2S. The van der Waals surface area contributed by atoms with Gasteiger partial charge >= 0.3 is 0 Å². The van der Waals surface area contributed by atoms with Crippen LogP contribution in [0.25, 0.3) is 10.2 Å². The van der Waals surface area contributed by atoms with Crippen LogP contribution in [0.1, 0.15) is 33.7 Å². The predicted octanol–water partition coefficient (Wildman–Crippen LogP) is 6.91. The Morgan fingerprint density at radius 3 is 2.34 bits per heavy atom. The van der Waals surface area contributed by atoms with Crippen molar-refractivity contribution in [2.45, 2.75) is 18.3 Å². The van der Waals surface area contributed by atoms with Crippen molar-refractivity contribution in [1.29, 1.82) is 0 Å². The van der Waals surface area contributed by atoms with Gasteiger partial charge in [-0.25, -0.2) is 9.88 Å². The second kappa shape index (κ2) is 8.83. The van der Waals surface area contributed by atoms with E-state index in [2.05, 4.69) is 34.7 Å². The fraction of sp³-hybridized carbons (Fsp3) is 0.152. The van der Waals surface area contributed by atoms with Crippen molar-refractivity contribution in [3.8, 4) is 0 Å². The molecule has 0 saturated carbocycles. The van der Waals surface area contributed by atoms with Crippen LogP contribution < -0.4 is 10.3 Å². The number of aryl methyl sites for hydroxylation is 1. The summed E-state index contributed by atoms with van der Waals surface area (Å²) in [5.74, 6) is -1.90. The Bertz CT molecular complexity index is 1870. The van der Waals surface area contributed by atoms with Crippen molar-refractivity contribution < 1.29 is 9.59 Å². The number of fused-ring (bicyclic) bond motifs is 1. The Morgan fingerprint density at radius 1 is 0.927 bits per heavy atom. The van der Waals surface area contributed by atoms with E-state index in [1.807, 2.05) is 67.7 Å². The number of hydrazone groups is 1. The second-order valence-electron chi connectivity index (χ2n) is 10.8. The summed E-state index contributed by atoms with van der Waals surface area (Å²) in [5, 5.41) is 5.88. The number of halogens is 1. The fourth-order valence-corrected chi connectivity index (χ4v) is 8.20. The van der Waals surface area contributed by atoms with Gasteiger partial charge < -0.3 is 0 Å². The third kappa shape index (κ3) is 3.30. The van der Waals surface area contributed by atoms with Crippen LogP contribution in [0.2, 0.25) is 5.02 Å². The van der Waals surface area contributed by atoms with Gasteiger partial charge in [-0.2, -0.15) is 5.10 Å². The molecule has 4 aromatic carbocycles. The van der Waals surface area contributed by atoms with Crippen molar-refractivity contribution in [2.24, 2.45) is 16.9 Å². The topological polar surface area (TPSA) is 74.7 Å². The van der Waals surface area contributed by atoms with E-state index in [1.54, 1.807) is 12.1 Å².